The Morgan fingerprint density at radius 3 is 2.79 bits per heavy atom. The number of nitrogens with one attached hydrogen (secondary N) is 1. The summed E-state index contributed by atoms with van der Waals surface area (Å²) >= 11 is 0. The fraction of sp³-hybridized carbons (Fsp3) is 0.500. The first kappa shape index (κ1) is 15.4. The van der Waals surface area contributed by atoms with Crippen LogP contribution in [0.25, 0.3) is 0 Å². The summed E-state index contributed by atoms with van der Waals surface area (Å²) in [5.74, 6) is -1.42. The van der Waals surface area contributed by atoms with E-state index in [1.807, 2.05) is 0 Å². The minimum absolute atomic E-state index is 0.278. The highest BCUT2D eigenvalue weighted by atomic mass is 19.1. The lowest BCUT2D eigenvalue weighted by Gasteiger charge is -2.11. The zero-order chi connectivity index (χ0) is 14.3. The molecule has 106 valence electrons. The van der Waals surface area contributed by atoms with Crippen LogP contribution in [0.1, 0.15) is 30.6 Å². The van der Waals surface area contributed by atoms with Crippen molar-refractivity contribution in [1.82, 2.24) is 0 Å². The number of hydrogen-bond acceptors (Lipinski definition) is 3. The Bertz CT molecular complexity index is 421. The van der Waals surface area contributed by atoms with Gasteiger partial charge in [-0.05, 0) is 24.5 Å². The number of rotatable bonds is 8. The summed E-state index contributed by atoms with van der Waals surface area (Å²) in [7, 11) is 0. The number of carboxylic acid groups (broad SMARTS) is 1. The maximum Gasteiger partial charge on any atom is 0.340 e. The molecule has 0 unspecified atom stereocenters. The van der Waals surface area contributed by atoms with Crippen molar-refractivity contribution in [3.8, 4) is 0 Å². The molecule has 0 saturated heterocycles. The molecule has 2 N–H and O–H groups in total. The van der Waals surface area contributed by atoms with Crippen LogP contribution in [0.15, 0.2) is 18.2 Å². The molecule has 0 aliphatic rings. The number of hydrogen-bond donors (Lipinski definition) is 2. The van der Waals surface area contributed by atoms with Crippen LogP contribution in [0.5, 0.6) is 0 Å². The number of ether oxygens (including phenoxy) is 1. The van der Waals surface area contributed by atoms with E-state index in [-0.39, 0.29) is 11.3 Å². The molecule has 0 heterocycles. The Hall–Kier alpha value is -1.62. The summed E-state index contributed by atoms with van der Waals surface area (Å²) in [6.07, 6.45) is 0.986. The van der Waals surface area contributed by atoms with Gasteiger partial charge in [0.05, 0.1) is 12.3 Å². The molecular formula is C14H20FNO3. The summed E-state index contributed by atoms with van der Waals surface area (Å²) in [5, 5.41) is 11.8. The van der Waals surface area contributed by atoms with Gasteiger partial charge in [-0.25, -0.2) is 9.18 Å². The van der Waals surface area contributed by atoms with E-state index < -0.39 is 11.8 Å². The van der Waals surface area contributed by atoms with Crippen LogP contribution in [0.3, 0.4) is 0 Å². The van der Waals surface area contributed by atoms with Gasteiger partial charge in [0.25, 0.3) is 0 Å². The molecule has 19 heavy (non-hydrogen) atoms. The molecule has 1 rings (SSSR count). The van der Waals surface area contributed by atoms with Gasteiger partial charge in [0.15, 0.2) is 0 Å². The smallest absolute Gasteiger partial charge is 0.340 e. The van der Waals surface area contributed by atoms with Gasteiger partial charge in [0.2, 0.25) is 0 Å². The lowest BCUT2D eigenvalue weighted by atomic mass is 10.1. The minimum Gasteiger partial charge on any atom is -0.478 e. The molecule has 1 aromatic carbocycles. The molecular weight excluding hydrogens is 249 g/mol. The van der Waals surface area contributed by atoms with Crippen LogP contribution in [-0.4, -0.2) is 30.8 Å². The molecule has 0 atom stereocenters. The quantitative estimate of drug-likeness (QED) is 0.712. The SMILES string of the molecule is CC(C)CCOCCNc1cccc(F)c1C(=O)O. The van der Waals surface area contributed by atoms with E-state index >= 15 is 0 Å². The number of halogens is 1. The van der Waals surface area contributed by atoms with Gasteiger partial charge in [-0.1, -0.05) is 19.9 Å². The zero-order valence-electron chi connectivity index (χ0n) is 11.3. The van der Waals surface area contributed by atoms with Gasteiger partial charge >= 0.3 is 5.97 Å². The first-order valence-corrected chi connectivity index (χ1v) is 6.35. The van der Waals surface area contributed by atoms with Crippen LogP contribution in [-0.2, 0) is 4.74 Å². The molecule has 0 aliphatic carbocycles. The third kappa shape index (κ3) is 5.26. The average molecular weight is 269 g/mol. The van der Waals surface area contributed by atoms with E-state index in [0.717, 1.165) is 12.5 Å². The van der Waals surface area contributed by atoms with E-state index in [2.05, 4.69) is 19.2 Å². The lowest BCUT2D eigenvalue weighted by molar-refractivity contribution is 0.0693. The maximum atomic E-state index is 13.4. The molecule has 5 heteroatoms. The van der Waals surface area contributed by atoms with Crippen LogP contribution >= 0.6 is 0 Å². The van der Waals surface area contributed by atoms with Crippen molar-refractivity contribution in [3.63, 3.8) is 0 Å². The van der Waals surface area contributed by atoms with Crippen LogP contribution in [0.2, 0.25) is 0 Å². The molecule has 0 radical (unpaired) electrons. The molecule has 4 nitrogen and oxygen atoms in total. The number of benzene rings is 1. The van der Waals surface area contributed by atoms with Gasteiger partial charge < -0.3 is 15.2 Å². The first-order chi connectivity index (χ1) is 9.02. The van der Waals surface area contributed by atoms with Gasteiger partial charge in [-0.3, -0.25) is 0 Å². The second-order valence-corrected chi connectivity index (χ2v) is 4.69. The molecule has 0 bridgehead atoms. The minimum atomic E-state index is -1.28. The van der Waals surface area contributed by atoms with E-state index in [0.29, 0.717) is 25.7 Å². The monoisotopic (exact) mass is 269 g/mol. The van der Waals surface area contributed by atoms with Gasteiger partial charge in [-0.15, -0.1) is 0 Å². The Kier molecular flexibility index (Phi) is 6.29. The predicted octanol–water partition coefficient (Wildman–Crippen LogP) is 3.00. The van der Waals surface area contributed by atoms with Crippen molar-refractivity contribution in [3.05, 3.63) is 29.6 Å². The summed E-state index contributed by atoms with van der Waals surface area (Å²) in [6.45, 7) is 5.82. The predicted molar refractivity (Wildman–Crippen MR) is 72.1 cm³/mol. The first-order valence-electron chi connectivity index (χ1n) is 6.35. The van der Waals surface area contributed by atoms with Crippen molar-refractivity contribution >= 4 is 11.7 Å². The van der Waals surface area contributed by atoms with Gasteiger partial charge in [0, 0.05) is 13.2 Å². The van der Waals surface area contributed by atoms with Crippen molar-refractivity contribution in [1.29, 1.82) is 0 Å². The largest absolute Gasteiger partial charge is 0.478 e. The summed E-state index contributed by atoms with van der Waals surface area (Å²) in [6, 6.07) is 4.15. The number of carboxylic acids is 1. The highest BCUT2D eigenvalue weighted by Gasteiger charge is 2.14. The van der Waals surface area contributed by atoms with Crippen LogP contribution in [0, 0.1) is 11.7 Å². The molecule has 0 aliphatic heterocycles. The highest BCUT2D eigenvalue weighted by molar-refractivity contribution is 5.94. The standard InChI is InChI=1S/C14H20FNO3/c1-10(2)6-8-19-9-7-16-12-5-3-4-11(15)13(12)14(17)18/h3-5,10,16H,6-9H2,1-2H3,(H,17,18). The zero-order valence-corrected chi connectivity index (χ0v) is 11.3. The third-order valence-electron chi connectivity index (χ3n) is 2.63. The summed E-state index contributed by atoms with van der Waals surface area (Å²) in [4.78, 5) is 10.9. The summed E-state index contributed by atoms with van der Waals surface area (Å²) < 4.78 is 18.8. The second-order valence-electron chi connectivity index (χ2n) is 4.69. The number of aromatic carboxylic acids is 1. The van der Waals surface area contributed by atoms with Gasteiger partial charge in [0.1, 0.15) is 11.4 Å². The fourth-order valence-electron chi connectivity index (χ4n) is 1.57. The van der Waals surface area contributed by atoms with E-state index in [9.17, 15) is 9.18 Å². The average Bonchev–Trinajstić information content (AvgIpc) is 2.32. The lowest BCUT2D eigenvalue weighted by Crippen LogP contribution is -2.14. The molecule has 0 saturated carbocycles. The summed E-state index contributed by atoms with van der Waals surface area (Å²) in [5.41, 5.74) is -0.0513. The second kappa shape index (κ2) is 7.74. The van der Waals surface area contributed by atoms with Crippen molar-refractivity contribution in [2.24, 2.45) is 5.92 Å². The van der Waals surface area contributed by atoms with Crippen molar-refractivity contribution < 1.29 is 19.0 Å². The van der Waals surface area contributed by atoms with E-state index in [1.165, 1.54) is 6.07 Å². The number of carbonyl (C=O) groups is 1. The molecule has 0 spiro atoms. The highest BCUT2D eigenvalue weighted by Crippen LogP contribution is 2.18. The van der Waals surface area contributed by atoms with Crippen LogP contribution in [0.4, 0.5) is 10.1 Å². The normalized spacial score (nSPS) is 10.7. The van der Waals surface area contributed by atoms with Crippen molar-refractivity contribution in [2.75, 3.05) is 25.1 Å². The number of anilines is 1. The van der Waals surface area contributed by atoms with E-state index in [1.54, 1.807) is 6.07 Å². The Balaban J connectivity index is 2.41. The van der Waals surface area contributed by atoms with Crippen LogP contribution < -0.4 is 5.32 Å². The Labute approximate surface area is 112 Å². The molecule has 0 fully saturated rings. The molecule has 1 aromatic rings. The fourth-order valence-corrected chi connectivity index (χ4v) is 1.57. The van der Waals surface area contributed by atoms with Crippen molar-refractivity contribution in [2.45, 2.75) is 20.3 Å². The Morgan fingerprint density at radius 2 is 2.16 bits per heavy atom. The third-order valence-corrected chi connectivity index (χ3v) is 2.63. The molecule has 0 aromatic heterocycles. The van der Waals surface area contributed by atoms with Gasteiger partial charge in [-0.2, -0.15) is 0 Å². The Morgan fingerprint density at radius 1 is 1.42 bits per heavy atom. The van der Waals surface area contributed by atoms with E-state index in [4.69, 9.17) is 9.84 Å². The topological polar surface area (TPSA) is 58.6 Å². The molecule has 0 amide bonds. The maximum absolute atomic E-state index is 13.4.